The van der Waals surface area contributed by atoms with Crippen molar-refractivity contribution in [1.29, 1.82) is 0 Å². The highest BCUT2D eigenvalue weighted by Gasteiger charge is 2.16. The fraction of sp³-hybridized carbons (Fsp3) is 0.583. The van der Waals surface area contributed by atoms with Gasteiger partial charge >= 0.3 is 0 Å². The van der Waals surface area contributed by atoms with Gasteiger partial charge in [-0.15, -0.1) is 0 Å². The van der Waals surface area contributed by atoms with Gasteiger partial charge in [0.05, 0.1) is 0 Å². The number of piperidine rings is 1. The van der Waals surface area contributed by atoms with Crippen molar-refractivity contribution < 1.29 is 0 Å². The van der Waals surface area contributed by atoms with Gasteiger partial charge in [0, 0.05) is 6.20 Å². The van der Waals surface area contributed by atoms with Gasteiger partial charge < -0.3 is 4.90 Å². The molecule has 1 heterocycles. The second-order valence-electron chi connectivity index (χ2n) is 4.04. The summed E-state index contributed by atoms with van der Waals surface area (Å²) in [6.45, 7) is 9.70. The first-order valence-corrected chi connectivity index (χ1v) is 5.22. The number of allylic oxidation sites excluding steroid dienone is 2. The first-order chi connectivity index (χ1) is 6.76. The molecular formula is C12H20N2. The van der Waals surface area contributed by atoms with Crippen LogP contribution in [0.2, 0.25) is 0 Å². The smallest absolute Gasteiger partial charge is 0.0292 e. The largest absolute Gasteiger partial charge is 0.306 e. The lowest BCUT2D eigenvalue weighted by Gasteiger charge is -2.29. The van der Waals surface area contributed by atoms with Gasteiger partial charge in [0.15, 0.2) is 0 Å². The molecule has 0 radical (unpaired) electrons. The molecule has 1 aliphatic heterocycles. The molecule has 1 aliphatic rings. The summed E-state index contributed by atoms with van der Waals surface area (Å²) in [5, 5.41) is 0. The normalized spacial score (nSPS) is 20.8. The molecule has 0 spiro atoms. The Bertz CT molecular complexity index is 222. The van der Waals surface area contributed by atoms with Crippen LogP contribution in [0.5, 0.6) is 0 Å². The van der Waals surface area contributed by atoms with Crippen LogP contribution in [-0.4, -0.2) is 31.8 Å². The van der Waals surface area contributed by atoms with Crippen LogP contribution in [0.25, 0.3) is 0 Å². The molecule has 0 aromatic carbocycles. The van der Waals surface area contributed by atoms with Crippen molar-refractivity contribution in [3.63, 3.8) is 0 Å². The fourth-order valence-corrected chi connectivity index (χ4v) is 1.91. The molecule has 0 saturated carbocycles. The van der Waals surface area contributed by atoms with Crippen molar-refractivity contribution in [2.45, 2.75) is 19.3 Å². The molecule has 0 unspecified atom stereocenters. The molecule has 78 valence electrons. The first-order valence-electron chi connectivity index (χ1n) is 5.22. The van der Waals surface area contributed by atoms with Crippen LogP contribution < -0.4 is 0 Å². The maximum Gasteiger partial charge on any atom is 0.0292 e. The van der Waals surface area contributed by atoms with Crippen LogP contribution in [0, 0.1) is 5.92 Å². The number of hydrogen-bond donors (Lipinski definition) is 0. The lowest BCUT2D eigenvalue weighted by Crippen LogP contribution is -2.30. The van der Waals surface area contributed by atoms with Gasteiger partial charge in [-0.05, 0) is 57.6 Å². The van der Waals surface area contributed by atoms with Crippen molar-refractivity contribution in [2.75, 3.05) is 20.1 Å². The van der Waals surface area contributed by atoms with Crippen molar-refractivity contribution in [3.8, 4) is 0 Å². The maximum absolute atomic E-state index is 3.79. The lowest BCUT2D eigenvalue weighted by atomic mass is 9.90. The monoisotopic (exact) mass is 192 g/mol. The molecular weight excluding hydrogens is 172 g/mol. The molecule has 1 fully saturated rings. The average molecular weight is 192 g/mol. The van der Waals surface area contributed by atoms with Crippen molar-refractivity contribution in [2.24, 2.45) is 10.9 Å². The molecule has 1 rings (SSSR count). The lowest BCUT2D eigenvalue weighted by molar-refractivity contribution is 0.219. The Morgan fingerprint density at radius 1 is 1.50 bits per heavy atom. The van der Waals surface area contributed by atoms with E-state index in [4.69, 9.17) is 0 Å². The molecule has 0 aromatic rings. The van der Waals surface area contributed by atoms with Gasteiger partial charge in [0.25, 0.3) is 0 Å². The van der Waals surface area contributed by atoms with E-state index in [1.165, 1.54) is 31.5 Å². The average Bonchev–Trinajstić information content (AvgIpc) is 2.20. The predicted molar refractivity (Wildman–Crippen MR) is 62.7 cm³/mol. The number of nitrogens with zero attached hydrogens (tertiary/aromatic N) is 2. The molecule has 0 bridgehead atoms. The van der Waals surface area contributed by atoms with Gasteiger partial charge in [-0.3, -0.25) is 4.99 Å². The Morgan fingerprint density at radius 3 is 2.64 bits per heavy atom. The highest BCUT2D eigenvalue weighted by atomic mass is 15.1. The molecule has 14 heavy (non-hydrogen) atoms. The van der Waals surface area contributed by atoms with E-state index in [0.29, 0.717) is 0 Å². The van der Waals surface area contributed by atoms with E-state index >= 15 is 0 Å². The molecule has 2 nitrogen and oxygen atoms in total. The number of likely N-dealkylation sites (tertiary alicyclic amines) is 1. The minimum absolute atomic E-state index is 0.803. The molecule has 0 aromatic heterocycles. The van der Waals surface area contributed by atoms with E-state index in [2.05, 4.69) is 30.2 Å². The van der Waals surface area contributed by atoms with Crippen LogP contribution in [0.1, 0.15) is 19.3 Å². The quantitative estimate of drug-likeness (QED) is 0.493. The van der Waals surface area contributed by atoms with Gasteiger partial charge in [0.1, 0.15) is 0 Å². The van der Waals surface area contributed by atoms with Gasteiger partial charge in [-0.2, -0.15) is 0 Å². The highest BCUT2D eigenvalue weighted by molar-refractivity contribution is 5.28. The summed E-state index contributed by atoms with van der Waals surface area (Å²) in [4.78, 5) is 6.18. The Labute approximate surface area is 87.0 Å². The zero-order valence-electron chi connectivity index (χ0n) is 9.08. The standard InChI is InChI=1S/C12H20N2/c1-4-11(10-13-2)9-12-5-7-14(3)8-6-12/h4,10,12H,1-2,5-9H2,3H3/b11-10+. The van der Waals surface area contributed by atoms with Crippen LogP contribution in [0.3, 0.4) is 0 Å². The summed E-state index contributed by atoms with van der Waals surface area (Å²) < 4.78 is 0. The Hall–Kier alpha value is -0.890. The van der Waals surface area contributed by atoms with E-state index < -0.39 is 0 Å². The molecule has 2 heteroatoms. The number of aliphatic imine (C=N–C) groups is 1. The minimum atomic E-state index is 0.803. The minimum Gasteiger partial charge on any atom is -0.306 e. The van der Waals surface area contributed by atoms with E-state index in [-0.39, 0.29) is 0 Å². The zero-order valence-corrected chi connectivity index (χ0v) is 9.08. The van der Waals surface area contributed by atoms with Gasteiger partial charge in [-0.25, -0.2) is 0 Å². The van der Waals surface area contributed by atoms with Crippen molar-refractivity contribution >= 4 is 6.72 Å². The molecule has 1 saturated heterocycles. The summed E-state index contributed by atoms with van der Waals surface area (Å²) in [5.74, 6) is 0.803. The van der Waals surface area contributed by atoms with Crippen LogP contribution in [-0.2, 0) is 0 Å². The molecule has 0 atom stereocenters. The molecule has 0 aliphatic carbocycles. The highest BCUT2D eigenvalue weighted by Crippen LogP contribution is 2.23. The summed E-state index contributed by atoms with van der Waals surface area (Å²) >= 11 is 0. The van der Waals surface area contributed by atoms with Crippen molar-refractivity contribution in [3.05, 3.63) is 24.4 Å². The Morgan fingerprint density at radius 2 is 2.14 bits per heavy atom. The summed E-state index contributed by atoms with van der Waals surface area (Å²) in [5.41, 5.74) is 1.22. The second-order valence-corrected chi connectivity index (χ2v) is 4.04. The first kappa shape index (κ1) is 11.2. The summed E-state index contributed by atoms with van der Waals surface area (Å²) in [7, 11) is 2.19. The Balaban J connectivity index is 2.39. The molecule has 0 amide bonds. The Kier molecular flexibility index (Phi) is 4.60. The maximum atomic E-state index is 3.79. The summed E-state index contributed by atoms with van der Waals surface area (Å²) in [6.07, 6.45) is 7.41. The second kappa shape index (κ2) is 5.76. The van der Waals surface area contributed by atoms with E-state index in [1.54, 1.807) is 0 Å². The fourth-order valence-electron chi connectivity index (χ4n) is 1.91. The predicted octanol–water partition coefficient (Wildman–Crippen LogP) is 2.49. The van der Waals surface area contributed by atoms with Crippen LogP contribution in [0.4, 0.5) is 0 Å². The molecule has 0 N–H and O–H groups in total. The van der Waals surface area contributed by atoms with Crippen molar-refractivity contribution in [1.82, 2.24) is 4.90 Å². The third-order valence-electron chi connectivity index (χ3n) is 2.88. The van der Waals surface area contributed by atoms with Gasteiger partial charge in [-0.1, -0.05) is 12.7 Å². The van der Waals surface area contributed by atoms with Crippen LogP contribution in [0.15, 0.2) is 29.4 Å². The van der Waals surface area contributed by atoms with Crippen LogP contribution >= 0.6 is 0 Å². The third-order valence-corrected chi connectivity index (χ3v) is 2.88. The number of rotatable bonds is 4. The topological polar surface area (TPSA) is 15.6 Å². The van der Waals surface area contributed by atoms with E-state index in [9.17, 15) is 0 Å². The van der Waals surface area contributed by atoms with Gasteiger partial charge in [0.2, 0.25) is 0 Å². The number of hydrogen-bond acceptors (Lipinski definition) is 2. The summed E-state index contributed by atoms with van der Waals surface area (Å²) in [6, 6.07) is 0. The zero-order chi connectivity index (χ0) is 10.4. The van der Waals surface area contributed by atoms with E-state index in [1.807, 2.05) is 12.3 Å². The SMILES string of the molecule is C=C/C(=C\N=C)CC1CCN(C)CC1. The third kappa shape index (κ3) is 3.46. The van der Waals surface area contributed by atoms with E-state index in [0.717, 1.165) is 12.3 Å².